The van der Waals surface area contributed by atoms with Gasteiger partial charge in [0.05, 0.1) is 12.2 Å². The van der Waals surface area contributed by atoms with E-state index < -0.39 is 23.4 Å². The standard InChI is InChI=1S/C18H18F3N3O2/c19-10-7-14(17(25)24-12-3-1-11(22)2-4-12)18(23-9-10)26-13-5-6-15(20)16(21)8-13/h5-9,11-12H,1-4,22H2,(H,24,25)/p+1. The lowest BCUT2D eigenvalue weighted by Crippen LogP contribution is -2.62. The number of rotatable bonds is 4. The quantitative estimate of drug-likeness (QED) is 0.873. The second-order valence-corrected chi connectivity index (χ2v) is 6.38. The Labute approximate surface area is 148 Å². The zero-order chi connectivity index (χ0) is 18.7. The normalized spacial score (nSPS) is 19.8. The maximum Gasteiger partial charge on any atom is 0.257 e. The van der Waals surface area contributed by atoms with Crippen LogP contribution in [-0.2, 0) is 0 Å². The number of amides is 1. The number of aromatic nitrogens is 1. The number of halogens is 3. The predicted octanol–water partition coefficient (Wildman–Crippen LogP) is 2.57. The molecule has 1 saturated carbocycles. The molecule has 8 heteroatoms. The summed E-state index contributed by atoms with van der Waals surface area (Å²) in [6.45, 7) is 0. The molecule has 1 aliphatic rings. The molecule has 0 unspecified atom stereocenters. The zero-order valence-corrected chi connectivity index (χ0v) is 14.0. The third kappa shape index (κ3) is 4.32. The average Bonchev–Trinajstić information content (AvgIpc) is 2.61. The lowest BCUT2D eigenvalue weighted by Gasteiger charge is -2.25. The van der Waals surface area contributed by atoms with Gasteiger partial charge in [0.15, 0.2) is 11.6 Å². The molecular weight excluding hydrogens is 347 g/mol. The highest BCUT2D eigenvalue weighted by Gasteiger charge is 2.24. The molecule has 1 aliphatic carbocycles. The van der Waals surface area contributed by atoms with Crippen molar-refractivity contribution in [1.29, 1.82) is 0 Å². The predicted molar refractivity (Wildman–Crippen MR) is 87.0 cm³/mol. The summed E-state index contributed by atoms with van der Waals surface area (Å²) >= 11 is 0. The van der Waals surface area contributed by atoms with Crippen molar-refractivity contribution in [2.24, 2.45) is 0 Å². The number of carbonyl (C=O) groups excluding carboxylic acids is 1. The fourth-order valence-corrected chi connectivity index (χ4v) is 2.89. The van der Waals surface area contributed by atoms with E-state index >= 15 is 0 Å². The van der Waals surface area contributed by atoms with Crippen LogP contribution < -0.4 is 15.8 Å². The molecule has 26 heavy (non-hydrogen) atoms. The van der Waals surface area contributed by atoms with Gasteiger partial charge < -0.3 is 15.8 Å². The first-order valence-electron chi connectivity index (χ1n) is 8.35. The van der Waals surface area contributed by atoms with Gasteiger partial charge >= 0.3 is 0 Å². The number of quaternary nitrogens is 1. The minimum Gasteiger partial charge on any atom is -0.438 e. The summed E-state index contributed by atoms with van der Waals surface area (Å²) in [6, 6.07) is 4.28. The second kappa shape index (κ2) is 7.74. The van der Waals surface area contributed by atoms with Gasteiger partial charge in [0.25, 0.3) is 5.91 Å². The molecule has 1 fully saturated rings. The fourth-order valence-electron chi connectivity index (χ4n) is 2.89. The first kappa shape index (κ1) is 18.2. The number of nitrogens with one attached hydrogen (secondary N) is 1. The number of hydrogen-bond acceptors (Lipinski definition) is 3. The third-order valence-electron chi connectivity index (χ3n) is 4.35. The lowest BCUT2D eigenvalue weighted by atomic mass is 9.91. The molecule has 1 heterocycles. The van der Waals surface area contributed by atoms with Crippen molar-refractivity contribution in [2.45, 2.75) is 37.8 Å². The summed E-state index contributed by atoms with van der Waals surface area (Å²) in [5.41, 5.74) is 3.90. The second-order valence-electron chi connectivity index (χ2n) is 6.38. The highest BCUT2D eigenvalue weighted by Crippen LogP contribution is 2.26. The Kier molecular flexibility index (Phi) is 5.41. The lowest BCUT2D eigenvalue weighted by molar-refractivity contribution is -0.425. The summed E-state index contributed by atoms with van der Waals surface area (Å²) in [5.74, 6) is -3.57. The number of pyridine rings is 1. The van der Waals surface area contributed by atoms with Gasteiger partial charge in [-0.1, -0.05) is 0 Å². The summed E-state index contributed by atoms with van der Waals surface area (Å²) in [5, 5.41) is 2.84. The highest BCUT2D eigenvalue weighted by molar-refractivity contribution is 5.96. The van der Waals surface area contributed by atoms with Crippen molar-refractivity contribution in [3.63, 3.8) is 0 Å². The Bertz CT molecular complexity index is 808. The molecule has 5 nitrogen and oxygen atoms in total. The Balaban J connectivity index is 1.78. The molecule has 1 aromatic heterocycles. The van der Waals surface area contributed by atoms with Crippen LogP contribution in [0, 0.1) is 17.5 Å². The minimum atomic E-state index is -1.10. The van der Waals surface area contributed by atoms with Crippen LogP contribution in [0.2, 0.25) is 0 Å². The maximum absolute atomic E-state index is 13.6. The van der Waals surface area contributed by atoms with Crippen LogP contribution in [0.5, 0.6) is 11.6 Å². The zero-order valence-electron chi connectivity index (χ0n) is 14.0. The largest absolute Gasteiger partial charge is 0.438 e. The molecule has 0 atom stereocenters. The van der Waals surface area contributed by atoms with Gasteiger partial charge in [-0.15, -0.1) is 0 Å². The molecule has 138 valence electrons. The van der Waals surface area contributed by atoms with E-state index in [2.05, 4.69) is 16.0 Å². The Morgan fingerprint density at radius 2 is 1.85 bits per heavy atom. The number of ether oxygens (including phenoxy) is 1. The third-order valence-corrected chi connectivity index (χ3v) is 4.35. The van der Waals surface area contributed by atoms with Gasteiger partial charge in [-0.05, 0) is 31.0 Å². The fraction of sp³-hybridized carbons (Fsp3) is 0.333. The molecule has 0 aliphatic heterocycles. The van der Waals surface area contributed by atoms with Crippen molar-refractivity contribution in [1.82, 2.24) is 10.3 Å². The molecule has 0 spiro atoms. The van der Waals surface area contributed by atoms with Crippen molar-refractivity contribution < 1.29 is 28.4 Å². The molecule has 1 aromatic carbocycles. The van der Waals surface area contributed by atoms with Crippen LogP contribution in [-0.4, -0.2) is 23.0 Å². The molecule has 0 radical (unpaired) electrons. The molecular formula is C18H19F3N3O2+. The van der Waals surface area contributed by atoms with E-state index in [-0.39, 0.29) is 23.2 Å². The first-order valence-corrected chi connectivity index (χ1v) is 8.35. The van der Waals surface area contributed by atoms with Crippen molar-refractivity contribution >= 4 is 5.91 Å². The summed E-state index contributed by atoms with van der Waals surface area (Å²) in [4.78, 5) is 16.3. The van der Waals surface area contributed by atoms with Crippen molar-refractivity contribution in [3.8, 4) is 11.6 Å². The summed E-state index contributed by atoms with van der Waals surface area (Å²) < 4.78 is 45.3. The molecule has 1 amide bonds. The van der Waals surface area contributed by atoms with E-state index in [0.717, 1.165) is 50.1 Å². The van der Waals surface area contributed by atoms with Crippen LogP contribution >= 0.6 is 0 Å². The van der Waals surface area contributed by atoms with E-state index in [1.54, 1.807) is 0 Å². The van der Waals surface area contributed by atoms with Crippen LogP contribution in [0.4, 0.5) is 13.2 Å². The van der Waals surface area contributed by atoms with Crippen LogP contribution in [0.3, 0.4) is 0 Å². The van der Waals surface area contributed by atoms with Crippen LogP contribution in [0.1, 0.15) is 36.0 Å². The minimum absolute atomic E-state index is 0.0279. The number of hydrogen-bond donors (Lipinski definition) is 2. The van der Waals surface area contributed by atoms with Gasteiger partial charge in [-0.25, -0.2) is 18.2 Å². The van der Waals surface area contributed by atoms with E-state index in [9.17, 15) is 18.0 Å². The van der Waals surface area contributed by atoms with E-state index in [0.29, 0.717) is 6.04 Å². The Morgan fingerprint density at radius 1 is 1.12 bits per heavy atom. The van der Waals surface area contributed by atoms with Crippen LogP contribution in [0.25, 0.3) is 0 Å². The number of nitrogens with zero attached hydrogens (tertiary/aromatic N) is 1. The van der Waals surface area contributed by atoms with Gasteiger partial charge in [-0.3, -0.25) is 4.79 Å². The first-order chi connectivity index (χ1) is 12.4. The van der Waals surface area contributed by atoms with Gasteiger partial charge in [0.1, 0.15) is 17.1 Å². The van der Waals surface area contributed by atoms with Crippen molar-refractivity contribution in [2.75, 3.05) is 0 Å². The molecule has 0 saturated heterocycles. The van der Waals surface area contributed by atoms with Gasteiger partial charge in [0.2, 0.25) is 5.88 Å². The molecule has 2 aromatic rings. The van der Waals surface area contributed by atoms with Gasteiger partial charge in [0, 0.05) is 24.9 Å². The van der Waals surface area contributed by atoms with Crippen LogP contribution in [0.15, 0.2) is 30.5 Å². The highest BCUT2D eigenvalue weighted by atomic mass is 19.2. The van der Waals surface area contributed by atoms with E-state index in [4.69, 9.17) is 4.74 Å². The Hall–Kier alpha value is -2.61. The topological polar surface area (TPSA) is 78.9 Å². The summed E-state index contributed by atoms with van der Waals surface area (Å²) in [6.07, 6.45) is 4.29. The number of benzene rings is 1. The van der Waals surface area contributed by atoms with Gasteiger partial charge in [-0.2, -0.15) is 0 Å². The molecule has 3 rings (SSSR count). The number of carbonyl (C=O) groups is 1. The Morgan fingerprint density at radius 3 is 2.54 bits per heavy atom. The monoisotopic (exact) mass is 366 g/mol. The van der Waals surface area contributed by atoms with Crippen molar-refractivity contribution in [3.05, 3.63) is 53.5 Å². The average molecular weight is 366 g/mol. The van der Waals surface area contributed by atoms with E-state index in [1.165, 1.54) is 6.07 Å². The molecule has 0 bridgehead atoms. The van der Waals surface area contributed by atoms with E-state index in [1.807, 2.05) is 0 Å². The maximum atomic E-state index is 13.6. The smallest absolute Gasteiger partial charge is 0.257 e. The summed E-state index contributed by atoms with van der Waals surface area (Å²) in [7, 11) is 0. The molecule has 4 N–H and O–H groups in total. The SMILES string of the molecule is [NH3+]C1CCC(NC(=O)c2cc(F)cnc2Oc2ccc(F)c(F)c2)CC1.